The van der Waals surface area contributed by atoms with Crippen molar-refractivity contribution in [3.8, 4) is 0 Å². The van der Waals surface area contributed by atoms with Crippen molar-refractivity contribution in [2.45, 2.75) is 45.7 Å². The second-order valence-corrected chi connectivity index (χ2v) is 5.73. The van der Waals surface area contributed by atoms with Gasteiger partial charge >= 0.3 is 0 Å². The van der Waals surface area contributed by atoms with Crippen molar-refractivity contribution >= 4 is 17.7 Å². The fraction of sp³-hybridized carbons (Fsp3) is 0.750. The number of hydrogen-bond donors (Lipinski definition) is 2. The summed E-state index contributed by atoms with van der Waals surface area (Å²) in [5.74, 6) is -0.949. The molecule has 102 valence electrons. The highest BCUT2D eigenvalue weighted by atomic mass is 16.2. The largest absolute Gasteiger partial charge is 0.343 e. The number of nitrogens with zero attached hydrogens (tertiary/aromatic N) is 1. The van der Waals surface area contributed by atoms with Gasteiger partial charge < -0.3 is 11.1 Å². The van der Waals surface area contributed by atoms with Gasteiger partial charge in [-0.3, -0.25) is 19.3 Å². The van der Waals surface area contributed by atoms with Crippen LogP contribution in [0, 0.1) is 5.41 Å². The molecule has 6 nitrogen and oxygen atoms in total. The molecule has 0 aliphatic carbocycles. The maximum absolute atomic E-state index is 11.9. The third kappa shape index (κ3) is 3.07. The molecular weight excluding hydrogens is 234 g/mol. The number of nitrogens with two attached hydrogens (primary N) is 1. The van der Waals surface area contributed by atoms with Crippen molar-refractivity contribution in [2.75, 3.05) is 7.05 Å². The third-order valence-electron chi connectivity index (χ3n) is 3.18. The summed E-state index contributed by atoms with van der Waals surface area (Å²) in [6, 6.07) is -1.33. The highest BCUT2D eigenvalue weighted by molar-refractivity contribution is 6.01. The van der Waals surface area contributed by atoms with Gasteiger partial charge in [-0.15, -0.1) is 0 Å². The lowest BCUT2D eigenvalue weighted by Crippen LogP contribution is -2.57. The topological polar surface area (TPSA) is 92.5 Å². The van der Waals surface area contributed by atoms with Gasteiger partial charge in [0.2, 0.25) is 11.8 Å². The van der Waals surface area contributed by atoms with Crippen LogP contribution in [0.3, 0.4) is 0 Å². The summed E-state index contributed by atoms with van der Waals surface area (Å²) >= 11 is 0. The van der Waals surface area contributed by atoms with E-state index in [0.29, 0.717) is 6.42 Å². The van der Waals surface area contributed by atoms with Gasteiger partial charge in [-0.2, -0.15) is 0 Å². The Hall–Kier alpha value is -1.43. The zero-order chi connectivity index (χ0) is 14.1. The molecule has 1 saturated heterocycles. The van der Waals surface area contributed by atoms with Crippen LogP contribution in [-0.4, -0.2) is 41.8 Å². The summed E-state index contributed by atoms with van der Waals surface area (Å²) in [6.45, 7) is 5.57. The standard InChI is InChI=1S/C12H21N3O3/c1-12(2,3)9(13)10(17)14-7-5-6-8(16)15(4)11(7)18/h7,9H,5-6,13H2,1-4H3,(H,14,17)/t7?,9-/m1/s1. The van der Waals surface area contributed by atoms with E-state index in [1.807, 2.05) is 20.8 Å². The molecule has 3 N–H and O–H groups in total. The average Bonchev–Trinajstić information content (AvgIpc) is 2.27. The lowest BCUT2D eigenvalue weighted by atomic mass is 9.86. The zero-order valence-electron chi connectivity index (χ0n) is 11.3. The second kappa shape index (κ2) is 5.06. The molecule has 0 saturated carbocycles. The van der Waals surface area contributed by atoms with Crippen molar-refractivity contribution < 1.29 is 14.4 Å². The van der Waals surface area contributed by atoms with E-state index in [-0.39, 0.29) is 29.6 Å². The Morgan fingerprint density at radius 2 is 2.00 bits per heavy atom. The number of nitrogens with one attached hydrogen (secondary N) is 1. The predicted octanol–water partition coefficient (Wildman–Crippen LogP) is -0.377. The number of rotatable bonds is 2. The SMILES string of the molecule is CN1C(=O)CCC(NC(=O)[C@@H](N)C(C)(C)C)C1=O. The first-order valence-electron chi connectivity index (χ1n) is 6.01. The molecule has 18 heavy (non-hydrogen) atoms. The number of amides is 3. The van der Waals surface area contributed by atoms with Gasteiger partial charge in [-0.05, 0) is 11.8 Å². The number of piperidine rings is 1. The van der Waals surface area contributed by atoms with E-state index in [0.717, 1.165) is 4.90 Å². The van der Waals surface area contributed by atoms with Crippen LogP contribution in [0.1, 0.15) is 33.6 Å². The molecule has 1 unspecified atom stereocenters. The van der Waals surface area contributed by atoms with Crippen molar-refractivity contribution in [2.24, 2.45) is 11.1 Å². The maximum atomic E-state index is 11.9. The minimum atomic E-state index is -0.687. The minimum absolute atomic E-state index is 0.217. The Kier molecular flexibility index (Phi) is 4.11. The quantitative estimate of drug-likeness (QED) is 0.658. The van der Waals surface area contributed by atoms with Gasteiger partial charge in [-0.1, -0.05) is 20.8 Å². The van der Waals surface area contributed by atoms with Gasteiger partial charge in [0.25, 0.3) is 5.91 Å². The first kappa shape index (κ1) is 14.6. The van der Waals surface area contributed by atoms with Gasteiger partial charge in [0, 0.05) is 13.5 Å². The van der Waals surface area contributed by atoms with Crippen molar-refractivity contribution in [1.29, 1.82) is 0 Å². The fourth-order valence-electron chi connectivity index (χ4n) is 1.70. The zero-order valence-corrected chi connectivity index (χ0v) is 11.3. The molecule has 1 rings (SSSR count). The van der Waals surface area contributed by atoms with Crippen LogP contribution >= 0.6 is 0 Å². The molecule has 0 aromatic rings. The van der Waals surface area contributed by atoms with Crippen LogP contribution < -0.4 is 11.1 Å². The lowest BCUT2D eigenvalue weighted by Gasteiger charge is -2.31. The van der Waals surface area contributed by atoms with Gasteiger partial charge in [0.15, 0.2) is 0 Å². The number of likely N-dealkylation sites (tertiary alicyclic amines) is 1. The van der Waals surface area contributed by atoms with E-state index in [1.165, 1.54) is 7.05 Å². The number of carbonyl (C=O) groups excluding carboxylic acids is 3. The summed E-state index contributed by atoms with van der Waals surface area (Å²) in [6.07, 6.45) is 0.600. The highest BCUT2D eigenvalue weighted by Gasteiger charge is 2.35. The molecule has 1 fully saturated rings. The Labute approximate surface area is 107 Å². The molecule has 0 aromatic carbocycles. The van der Waals surface area contributed by atoms with Crippen LogP contribution in [0.4, 0.5) is 0 Å². The van der Waals surface area contributed by atoms with Crippen LogP contribution in [0.25, 0.3) is 0 Å². The highest BCUT2D eigenvalue weighted by Crippen LogP contribution is 2.18. The number of imide groups is 1. The van der Waals surface area contributed by atoms with E-state index >= 15 is 0 Å². The van der Waals surface area contributed by atoms with Gasteiger partial charge in [0.1, 0.15) is 6.04 Å². The number of hydrogen-bond acceptors (Lipinski definition) is 4. The first-order valence-corrected chi connectivity index (χ1v) is 6.01. The van der Waals surface area contributed by atoms with Crippen molar-refractivity contribution in [3.05, 3.63) is 0 Å². The van der Waals surface area contributed by atoms with E-state index < -0.39 is 12.1 Å². The van der Waals surface area contributed by atoms with E-state index in [9.17, 15) is 14.4 Å². The molecule has 0 radical (unpaired) electrons. The molecular formula is C12H21N3O3. The normalized spacial score (nSPS) is 22.9. The first-order chi connectivity index (χ1) is 8.14. The Balaban J connectivity index is 2.66. The summed E-state index contributed by atoms with van der Waals surface area (Å²) in [5, 5.41) is 2.62. The molecule has 0 aromatic heterocycles. The van der Waals surface area contributed by atoms with Gasteiger partial charge in [0.05, 0.1) is 6.04 Å². The van der Waals surface area contributed by atoms with Crippen LogP contribution in [-0.2, 0) is 14.4 Å². The molecule has 1 heterocycles. The second-order valence-electron chi connectivity index (χ2n) is 5.73. The molecule has 0 spiro atoms. The third-order valence-corrected chi connectivity index (χ3v) is 3.18. The minimum Gasteiger partial charge on any atom is -0.343 e. The summed E-state index contributed by atoms with van der Waals surface area (Å²) in [5.41, 5.74) is 5.44. The Morgan fingerprint density at radius 1 is 1.44 bits per heavy atom. The van der Waals surface area contributed by atoms with Crippen LogP contribution in [0.15, 0.2) is 0 Å². The Morgan fingerprint density at radius 3 is 2.50 bits per heavy atom. The van der Waals surface area contributed by atoms with Crippen molar-refractivity contribution in [3.63, 3.8) is 0 Å². The monoisotopic (exact) mass is 255 g/mol. The summed E-state index contributed by atoms with van der Waals surface area (Å²) in [4.78, 5) is 36.0. The smallest absolute Gasteiger partial charge is 0.251 e. The Bertz CT molecular complexity index is 373. The van der Waals surface area contributed by atoms with E-state index in [4.69, 9.17) is 5.73 Å². The fourth-order valence-corrected chi connectivity index (χ4v) is 1.70. The summed E-state index contributed by atoms with van der Waals surface area (Å²) in [7, 11) is 1.42. The van der Waals surface area contributed by atoms with E-state index in [1.54, 1.807) is 0 Å². The molecule has 3 amide bonds. The lowest BCUT2D eigenvalue weighted by molar-refractivity contribution is -0.149. The molecule has 2 atom stereocenters. The number of carbonyl (C=O) groups is 3. The van der Waals surface area contributed by atoms with Crippen LogP contribution in [0.5, 0.6) is 0 Å². The molecule has 0 bridgehead atoms. The predicted molar refractivity (Wildman–Crippen MR) is 66.4 cm³/mol. The van der Waals surface area contributed by atoms with Crippen LogP contribution in [0.2, 0.25) is 0 Å². The molecule has 1 aliphatic rings. The molecule has 6 heteroatoms. The average molecular weight is 255 g/mol. The van der Waals surface area contributed by atoms with Crippen molar-refractivity contribution in [1.82, 2.24) is 10.2 Å². The maximum Gasteiger partial charge on any atom is 0.251 e. The van der Waals surface area contributed by atoms with E-state index in [2.05, 4.69) is 5.32 Å². The number of likely N-dealkylation sites (N-methyl/N-ethyl adjacent to an activating group) is 1. The summed E-state index contributed by atoms with van der Waals surface area (Å²) < 4.78 is 0. The molecule has 1 aliphatic heterocycles. The van der Waals surface area contributed by atoms with Gasteiger partial charge in [-0.25, -0.2) is 0 Å².